The van der Waals surface area contributed by atoms with Gasteiger partial charge in [0.1, 0.15) is 5.84 Å². The second-order valence-corrected chi connectivity index (χ2v) is 1.55. The highest BCUT2D eigenvalue weighted by molar-refractivity contribution is 5.94. The summed E-state index contributed by atoms with van der Waals surface area (Å²) in [5.74, 6) is 0.734. The van der Waals surface area contributed by atoms with Gasteiger partial charge in [-0.2, -0.15) is 5.10 Å². The quantitative estimate of drug-likeness (QED) is 0.483. The third kappa shape index (κ3) is 0.932. The maximum Gasteiger partial charge on any atom is 0.145 e. The third-order valence-corrected chi connectivity index (χ3v) is 0.769. The monoisotopic (exact) mass is 109 g/mol. The molecule has 1 N–H and O–H groups in total. The zero-order chi connectivity index (χ0) is 5.98. The molecule has 1 rings (SSSR count). The van der Waals surface area contributed by atoms with Crippen LogP contribution in [0.4, 0.5) is 0 Å². The normalized spacial score (nSPS) is 17.6. The van der Waals surface area contributed by atoms with Crippen molar-refractivity contribution in [3.8, 4) is 0 Å². The molecule has 42 valence electrons. The Morgan fingerprint density at radius 2 is 2.50 bits per heavy atom. The fourth-order valence-corrected chi connectivity index (χ4v) is 0.382. The molecule has 0 fully saturated rings. The molecule has 1 aliphatic heterocycles. The van der Waals surface area contributed by atoms with Crippen LogP contribution in [0.3, 0.4) is 0 Å². The summed E-state index contributed by atoms with van der Waals surface area (Å²) in [6.45, 7) is 5.40. The van der Waals surface area contributed by atoms with Crippen molar-refractivity contribution in [2.24, 2.45) is 10.1 Å². The maximum atomic E-state index is 3.87. The first-order valence-electron chi connectivity index (χ1n) is 2.32. The average Bonchev–Trinajstić information content (AvgIpc) is 1.77. The summed E-state index contributed by atoms with van der Waals surface area (Å²) in [5, 5.41) is 3.78. The van der Waals surface area contributed by atoms with E-state index < -0.39 is 0 Å². The zero-order valence-corrected chi connectivity index (χ0v) is 4.68. The standard InChI is InChI=1S/C5H7N3/c1-4-3-6-5(2)8-7-4/h3,7H,1H2,2H3. The van der Waals surface area contributed by atoms with E-state index in [-0.39, 0.29) is 0 Å². The molecule has 1 aliphatic rings. The predicted molar refractivity (Wildman–Crippen MR) is 33.9 cm³/mol. The fourth-order valence-electron chi connectivity index (χ4n) is 0.382. The molecule has 8 heavy (non-hydrogen) atoms. The van der Waals surface area contributed by atoms with E-state index in [1.54, 1.807) is 6.21 Å². The van der Waals surface area contributed by atoms with E-state index in [4.69, 9.17) is 0 Å². The number of hydrazone groups is 1. The smallest absolute Gasteiger partial charge is 0.145 e. The van der Waals surface area contributed by atoms with E-state index in [1.807, 2.05) is 6.92 Å². The summed E-state index contributed by atoms with van der Waals surface area (Å²) >= 11 is 0. The summed E-state index contributed by atoms with van der Waals surface area (Å²) in [7, 11) is 0. The summed E-state index contributed by atoms with van der Waals surface area (Å²) in [4.78, 5) is 3.87. The number of nitrogens with one attached hydrogen (secondary N) is 1. The molecule has 3 nitrogen and oxygen atoms in total. The molecule has 0 spiro atoms. The van der Waals surface area contributed by atoms with E-state index in [0.717, 1.165) is 11.5 Å². The van der Waals surface area contributed by atoms with Gasteiger partial charge < -0.3 is 0 Å². The number of aliphatic imine (C=N–C) groups is 1. The number of rotatable bonds is 0. The van der Waals surface area contributed by atoms with Crippen molar-refractivity contribution in [3.63, 3.8) is 0 Å². The minimum Gasteiger partial charge on any atom is -0.276 e. The number of hydrogen-bond acceptors (Lipinski definition) is 3. The minimum absolute atomic E-state index is 0.732. The van der Waals surface area contributed by atoms with Gasteiger partial charge in [0.05, 0.1) is 11.9 Å². The van der Waals surface area contributed by atoms with E-state index >= 15 is 0 Å². The molecule has 0 atom stereocenters. The van der Waals surface area contributed by atoms with Gasteiger partial charge in [0.25, 0.3) is 0 Å². The van der Waals surface area contributed by atoms with Crippen molar-refractivity contribution < 1.29 is 0 Å². The zero-order valence-electron chi connectivity index (χ0n) is 4.68. The largest absolute Gasteiger partial charge is 0.276 e. The Hall–Kier alpha value is -1.12. The lowest BCUT2D eigenvalue weighted by atomic mass is 10.5. The number of amidine groups is 1. The van der Waals surface area contributed by atoms with Crippen LogP contribution in [0.2, 0.25) is 0 Å². The van der Waals surface area contributed by atoms with Gasteiger partial charge >= 0.3 is 0 Å². The van der Waals surface area contributed by atoms with E-state index in [0.29, 0.717) is 0 Å². The van der Waals surface area contributed by atoms with Crippen LogP contribution in [0.1, 0.15) is 6.92 Å². The van der Waals surface area contributed by atoms with Crippen LogP contribution in [0.15, 0.2) is 22.4 Å². The van der Waals surface area contributed by atoms with Gasteiger partial charge in [-0.15, -0.1) is 0 Å². The van der Waals surface area contributed by atoms with Crippen LogP contribution in [0, 0.1) is 0 Å². The van der Waals surface area contributed by atoms with E-state index in [2.05, 4.69) is 22.1 Å². The predicted octanol–water partition coefficient (Wildman–Crippen LogP) is 0.508. The average molecular weight is 109 g/mol. The highest BCUT2D eigenvalue weighted by Gasteiger charge is 1.92. The first-order valence-corrected chi connectivity index (χ1v) is 2.32. The molecule has 0 radical (unpaired) electrons. The van der Waals surface area contributed by atoms with Gasteiger partial charge in [0.15, 0.2) is 0 Å². The Morgan fingerprint density at radius 1 is 1.75 bits per heavy atom. The van der Waals surface area contributed by atoms with Crippen molar-refractivity contribution >= 4 is 12.1 Å². The molecule has 0 amide bonds. The summed E-state index contributed by atoms with van der Waals surface area (Å²) < 4.78 is 0. The number of allylic oxidation sites excluding steroid dienone is 1. The topological polar surface area (TPSA) is 36.8 Å². The van der Waals surface area contributed by atoms with Crippen LogP contribution in [0.25, 0.3) is 0 Å². The van der Waals surface area contributed by atoms with Crippen LogP contribution in [-0.4, -0.2) is 12.1 Å². The van der Waals surface area contributed by atoms with E-state index in [9.17, 15) is 0 Å². The van der Waals surface area contributed by atoms with Gasteiger partial charge in [-0.1, -0.05) is 6.58 Å². The molecule has 0 aromatic carbocycles. The Morgan fingerprint density at radius 3 is 2.88 bits per heavy atom. The second kappa shape index (κ2) is 1.78. The summed E-state index contributed by atoms with van der Waals surface area (Å²) in [5.41, 5.74) is 3.41. The lowest BCUT2D eigenvalue weighted by molar-refractivity contribution is 0.923. The molecular formula is C5H7N3. The fraction of sp³-hybridized carbons (Fsp3) is 0.200. The summed E-state index contributed by atoms with van der Waals surface area (Å²) in [6, 6.07) is 0. The molecule has 0 saturated carbocycles. The van der Waals surface area contributed by atoms with E-state index in [1.165, 1.54) is 0 Å². The molecule has 0 bridgehead atoms. The molecule has 0 saturated heterocycles. The lowest BCUT2D eigenvalue weighted by Crippen LogP contribution is -2.12. The lowest BCUT2D eigenvalue weighted by Gasteiger charge is -2.02. The molecule has 3 heteroatoms. The van der Waals surface area contributed by atoms with Crippen molar-refractivity contribution in [2.45, 2.75) is 6.92 Å². The maximum absolute atomic E-state index is 3.87. The van der Waals surface area contributed by atoms with Gasteiger partial charge in [-0.3, -0.25) is 5.43 Å². The highest BCUT2D eigenvalue weighted by atomic mass is 15.3. The van der Waals surface area contributed by atoms with Crippen molar-refractivity contribution in [2.75, 3.05) is 0 Å². The van der Waals surface area contributed by atoms with Crippen molar-refractivity contribution in [1.29, 1.82) is 0 Å². The van der Waals surface area contributed by atoms with Crippen molar-refractivity contribution in [1.82, 2.24) is 5.43 Å². The first kappa shape index (κ1) is 5.03. The Labute approximate surface area is 47.8 Å². The van der Waals surface area contributed by atoms with Crippen LogP contribution >= 0.6 is 0 Å². The Balaban J connectivity index is 2.71. The van der Waals surface area contributed by atoms with Gasteiger partial charge in [0.2, 0.25) is 0 Å². The van der Waals surface area contributed by atoms with Crippen LogP contribution in [0.5, 0.6) is 0 Å². The van der Waals surface area contributed by atoms with Crippen molar-refractivity contribution in [3.05, 3.63) is 12.3 Å². The summed E-state index contributed by atoms with van der Waals surface area (Å²) in [6.07, 6.45) is 1.64. The molecular weight excluding hydrogens is 102 g/mol. The van der Waals surface area contributed by atoms with Crippen LogP contribution in [-0.2, 0) is 0 Å². The Bertz CT molecular complexity index is 164. The third-order valence-electron chi connectivity index (χ3n) is 0.769. The molecule has 1 heterocycles. The molecule has 0 aliphatic carbocycles. The molecule has 0 aromatic rings. The molecule has 0 unspecified atom stereocenters. The van der Waals surface area contributed by atoms with Gasteiger partial charge in [-0.25, -0.2) is 4.99 Å². The number of hydrogen-bond donors (Lipinski definition) is 1. The Kier molecular flexibility index (Phi) is 1.12. The van der Waals surface area contributed by atoms with Gasteiger partial charge in [0, 0.05) is 0 Å². The second-order valence-electron chi connectivity index (χ2n) is 1.55. The van der Waals surface area contributed by atoms with Crippen LogP contribution < -0.4 is 5.43 Å². The minimum atomic E-state index is 0.732. The van der Waals surface area contributed by atoms with Gasteiger partial charge in [-0.05, 0) is 6.92 Å². The number of nitrogens with zero attached hydrogens (tertiary/aromatic N) is 2. The highest BCUT2D eigenvalue weighted by Crippen LogP contribution is 1.88. The SMILES string of the molecule is C=C1C=NC(C)=NN1. The first-order chi connectivity index (χ1) is 3.79. The molecule has 0 aromatic heterocycles.